The Kier molecular flexibility index (Phi) is 2.83. The van der Waals surface area contributed by atoms with Crippen LogP contribution in [0.15, 0.2) is 24.3 Å². The maximum atomic E-state index is 11.7. The van der Waals surface area contributed by atoms with Gasteiger partial charge in [0, 0.05) is 0 Å². The molecule has 0 saturated carbocycles. The molecule has 1 fully saturated rings. The molecule has 1 aliphatic heterocycles. The summed E-state index contributed by atoms with van der Waals surface area (Å²) < 4.78 is 0.822. The maximum absolute atomic E-state index is 11.7. The van der Waals surface area contributed by atoms with E-state index >= 15 is 0 Å². The minimum atomic E-state index is 0.0635. The third-order valence-corrected chi connectivity index (χ3v) is 3.51. The van der Waals surface area contributed by atoms with Crippen molar-refractivity contribution in [2.24, 2.45) is 0 Å². The monoisotopic (exact) mass is 288 g/mol. The van der Waals surface area contributed by atoms with E-state index in [4.69, 9.17) is 11.6 Å². The van der Waals surface area contributed by atoms with Crippen LogP contribution in [-0.2, 0) is 4.79 Å². The van der Waals surface area contributed by atoms with E-state index in [1.165, 1.54) is 0 Å². The molecule has 0 unspecified atom stereocenters. The number of nitrogens with zero attached hydrogens (tertiary/aromatic N) is 2. The summed E-state index contributed by atoms with van der Waals surface area (Å²) in [6.07, 6.45) is 0. The van der Waals surface area contributed by atoms with E-state index < -0.39 is 0 Å². The number of hydrogen-bond donors (Lipinski definition) is 0. The second-order valence-corrected chi connectivity index (χ2v) is 4.55. The normalized spacial score (nSPS) is 16.4. The zero-order valence-corrected chi connectivity index (χ0v) is 10.6. The Morgan fingerprint density at radius 2 is 1.93 bits per heavy atom. The fourth-order valence-electron chi connectivity index (χ4n) is 1.46. The van der Waals surface area contributed by atoms with Gasteiger partial charge in [-0.25, -0.2) is 0 Å². The molecule has 0 aliphatic carbocycles. The number of halogens is 1. The number of carbonyl (C=O) groups is 1. The van der Waals surface area contributed by atoms with Gasteiger partial charge in [0.1, 0.15) is 0 Å². The van der Waals surface area contributed by atoms with E-state index in [-0.39, 0.29) is 5.91 Å². The molecule has 0 bridgehead atoms. The molecule has 1 saturated heterocycles. The molecule has 15 heavy (non-hydrogen) atoms. The first-order valence-electron chi connectivity index (χ1n) is 4.43. The Labute approximate surface area is 101 Å². The molecule has 0 aromatic heterocycles. The zero-order chi connectivity index (χ0) is 11.0. The van der Waals surface area contributed by atoms with Crippen molar-refractivity contribution in [2.45, 2.75) is 0 Å². The standard InChI is InChI=1S/C10H9ClN2OSe/c1-12-6-9(14)13(10(12)15)8-4-2-7(11)3-5-8/h2-5H,6H2,1H3. The molecule has 3 nitrogen and oxygen atoms in total. The predicted octanol–water partition coefficient (Wildman–Crippen LogP) is 0.874. The fraction of sp³-hybridized carbons (Fsp3) is 0.200. The van der Waals surface area contributed by atoms with Crippen molar-refractivity contribution in [3.63, 3.8) is 0 Å². The SMILES string of the molecule is CN1CC(=O)N(c2ccc(Cl)cc2)C1=[Se]. The van der Waals surface area contributed by atoms with Crippen molar-refractivity contribution >= 4 is 43.4 Å². The Balaban J connectivity index is 2.35. The van der Waals surface area contributed by atoms with Crippen LogP contribution in [0, 0.1) is 0 Å². The van der Waals surface area contributed by atoms with Crippen LogP contribution in [0.1, 0.15) is 0 Å². The molecule has 0 spiro atoms. The van der Waals surface area contributed by atoms with Crippen molar-refractivity contribution in [3.05, 3.63) is 29.3 Å². The fourth-order valence-corrected chi connectivity index (χ4v) is 2.16. The van der Waals surface area contributed by atoms with Crippen LogP contribution in [0.25, 0.3) is 0 Å². The molecule has 1 amide bonds. The van der Waals surface area contributed by atoms with Gasteiger partial charge in [0.25, 0.3) is 0 Å². The Morgan fingerprint density at radius 3 is 2.40 bits per heavy atom. The van der Waals surface area contributed by atoms with Gasteiger partial charge in [0.05, 0.1) is 0 Å². The molecular weight excluding hydrogens is 279 g/mol. The van der Waals surface area contributed by atoms with Crippen LogP contribution in [0.4, 0.5) is 5.69 Å². The van der Waals surface area contributed by atoms with Gasteiger partial charge in [-0.2, -0.15) is 0 Å². The van der Waals surface area contributed by atoms with Crippen LogP contribution in [0.3, 0.4) is 0 Å². The Hall–Kier alpha value is -0.831. The second kappa shape index (κ2) is 3.97. The van der Waals surface area contributed by atoms with E-state index in [2.05, 4.69) is 15.6 Å². The molecule has 5 heteroatoms. The van der Waals surface area contributed by atoms with Gasteiger partial charge in [-0.05, 0) is 0 Å². The topological polar surface area (TPSA) is 23.6 Å². The second-order valence-electron chi connectivity index (χ2n) is 3.34. The molecule has 2 rings (SSSR count). The molecule has 0 atom stereocenters. The molecular formula is C10H9ClN2OSe. The summed E-state index contributed by atoms with van der Waals surface area (Å²) in [4.78, 5) is 15.2. The van der Waals surface area contributed by atoms with E-state index in [0.717, 1.165) is 10.4 Å². The number of anilines is 1. The minimum absolute atomic E-state index is 0.0635. The number of rotatable bonds is 1. The van der Waals surface area contributed by atoms with Gasteiger partial charge in [-0.3, -0.25) is 0 Å². The van der Waals surface area contributed by atoms with Gasteiger partial charge in [-0.15, -0.1) is 0 Å². The molecule has 1 heterocycles. The first kappa shape index (κ1) is 10.7. The molecule has 0 N–H and O–H groups in total. The Bertz CT molecular complexity index is 418. The molecule has 1 aromatic rings. The summed E-state index contributed by atoms with van der Waals surface area (Å²) in [5, 5.41) is 0.667. The third kappa shape index (κ3) is 1.93. The van der Waals surface area contributed by atoms with Crippen LogP contribution in [0.5, 0.6) is 0 Å². The van der Waals surface area contributed by atoms with E-state index in [0.29, 0.717) is 11.6 Å². The Morgan fingerprint density at radius 1 is 1.33 bits per heavy atom. The summed E-state index contributed by atoms with van der Waals surface area (Å²) in [5.41, 5.74) is 0.836. The number of carbonyl (C=O) groups excluding carboxylic acids is 1. The number of benzene rings is 1. The summed E-state index contributed by atoms with van der Waals surface area (Å²) in [6.45, 7) is 0.408. The summed E-state index contributed by atoms with van der Waals surface area (Å²) in [7, 11) is 1.87. The third-order valence-electron chi connectivity index (χ3n) is 2.22. The van der Waals surface area contributed by atoms with Crippen LogP contribution in [-0.4, -0.2) is 44.6 Å². The van der Waals surface area contributed by atoms with Gasteiger partial charge < -0.3 is 0 Å². The molecule has 78 valence electrons. The number of amides is 1. The van der Waals surface area contributed by atoms with E-state index in [1.807, 2.05) is 24.1 Å². The molecule has 1 aromatic carbocycles. The first-order chi connectivity index (χ1) is 7.09. The zero-order valence-electron chi connectivity index (χ0n) is 8.11. The summed E-state index contributed by atoms with van der Waals surface area (Å²) in [6, 6.07) is 7.21. The predicted molar refractivity (Wildman–Crippen MR) is 62.3 cm³/mol. The van der Waals surface area contributed by atoms with E-state index in [9.17, 15) is 4.79 Å². The summed E-state index contributed by atoms with van der Waals surface area (Å²) in [5.74, 6) is 0.0635. The van der Waals surface area contributed by atoms with Gasteiger partial charge >= 0.3 is 101 Å². The van der Waals surface area contributed by atoms with Crippen molar-refractivity contribution in [3.8, 4) is 0 Å². The van der Waals surface area contributed by atoms with Crippen LogP contribution < -0.4 is 4.90 Å². The first-order valence-corrected chi connectivity index (χ1v) is 5.66. The molecule has 0 radical (unpaired) electrons. The number of likely N-dealkylation sites (N-methyl/N-ethyl adjacent to an activating group) is 1. The van der Waals surface area contributed by atoms with Gasteiger partial charge in [-0.1, -0.05) is 0 Å². The van der Waals surface area contributed by atoms with E-state index in [1.54, 1.807) is 17.0 Å². The van der Waals surface area contributed by atoms with Crippen molar-refractivity contribution in [1.82, 2.24) is 4.90 Å². The molecule has 1 aliphatic rings. The van der Waals surface area contributed by atoms with Crippen molar-refractivity contribution in [1.29, 1.82) is 0 Å². The average Bonchev–Trinajstić information content (AvgIpc) is 2.44. The van der Waals surface area contributed by atoms with Gasteiger partial charge in [0.15, 0.2) is 0 Å². The van der Waals surface area contributed by atoms with Gasteiger partial charge in [0.2, 0.25) is 0 Å². The quantitative estimate of drug-likeness (QED) is 0.716. The van der Waals surface area contributed by atoms with Crippen molar-refractivity contribution in [2.75, 3.05) is 18.5 Å². The average molecular weight is 288 g/mol. The number of hydrogen-bond acceptors (Lipinski definition) is 2. The van der Waals surface area contributed by atoms with Crippen LogP contribution >= 0.6 is 11.6 Å². The van der Waals surface area contributed by atoms with Crippen LogP contribution in [0.2, 0.25) is 5.02 Å². The summed E-state index contributed by atoms with van der Waals surface area (Å²) >= 11 is 8.69. The van der Waals surface area contributed by atoms with Crippen molar-refractivity contribution < 1.29 is 4.79 Å².